The van der Waals surface area contributed by atoms with E-state index in [4.69, 9.17) is 11.6 Å². The molecule has 0 amide bonds. The molecule has 2 rings (SSSR count). The fraction of sp³-hybridized carbons (Fsp3) is 0.353. The molecular formula is C17H20ClFN2. The molecule has 112 valence electrons. The zero-order valence-electron chi connectivity index (χ0n) is 12.4. The van der Waals surface area contributed by atoms with Gasteiger partial charge in [-0.25, -0.2) is 4.39 Å². The molecule has 1 atom stereocenters. The van der Waals surface area contributed by atoms with Gasteiger partial charge in [0.1, 0.15) is 5.82 Å². The fourth-order valence-corrected chi connectivity index (χ4v) is 2.57. The van der Waals surface area contributed by atoms with E-state index < -0.39 is 0 Å². The van der Waals surface area contributed by atoms with Gasteiger partial charge in [-0.05, 0) is 49.6 Å². The van der Waals surface area contributed by atoms with Crippen LogP contribution in [0.2, 0.25) is 5.02 Å². The number of aryl methyl sites for hydroxylation is 1. The van der Waals surface area contributed by atoms with E-state index in [-0.39, 0.29) is 11.9 Å². The highest BCUT2D eigenvalue weighted by Crippen LogP contribution is 2.26. The Hall–Kier alpha value is -1.45. The van der Waals surface area contributed by atoms with E-state index in [1.54, 1.807) is 12.1 Å². The highest BCUT2D eigenvalue weighted by Gasteiger charge is 2.16. The fourth-order valence-electron chi connectivity index (χ4n) is 2.33. The third kappa shape index (κ3) is 4.26. The molecular weight excluding hydrogens is 287 g/mol. The van der Waals surface area contributed by atoms with Gasteiger partial charge in [-0.15, -0.1) is 0 Å². The lowest BCUT2D eigenvalue weighted by Crippen LogP contribution is -2.24. The van der Waals surface area contributed by atoms with Gasteiger partial charge in [-0.1, -0.05) is 30.7 Å². The minimum Gasteiger partial charge on any atom is -0.310 e. The highest BCUT2D eigenvalue weighted by atomic mass is 35.5. The summed E-state index contributed by atoms with van der Waals surface area (Å²) >= 11 is 6.14. The Kier molecular flexibility index (Phi) is 5.71. The SMILES string of the molecule is CCCNC(Cc1c(F)cccc1Cl)c1cncc(C)c1. The Morgan fingerprint density at radius 3 is 2.81 bits per heavy atom. The molecule has 0 bridgehead atoms. The van der Waals surface area contributed by atoms with E-state index in [0.29, 0.717) is 17.0 Å². The van der Waals surface area contributed by atoms with Crippen LogP contribution in [0.1, 0.15) is 36.1 Å². The van der Waals surface area contributed by atoms with Crippen LogP contribution in [0.15, 0.2) is 36.7 Å². The molecule has 1 N–H and O–H groups in total. The molecule has 2 aromatic rings. The van der Waals surface area contributed by atoms with Crippen molar-refractivity contribution in [1.82, 2.24) is 10.3 Å². The molecule has 0 fully saturated rings. The minimum atomic E-state index is -0.258. The molecule has 4 heteroatoms. The first-order valence-corrected chi connectivity index (χ1v) is 7.57. The first-order valence-electron chi connectivity index (χ1n) is 7.19. The van der Waals surface area contributed by atoms with Crippen molar-refractivity contribution in [3.63, 3.8) is 0 Å². The second-order valence-corrected chi connectivity index (χ2v) is 5.61. The lowest BCUT2D eigenvalue weighted by molar-refractivity contribution is 0.512. The number of rotatable bonds is 6. The quantitative estimate of drug-likeness (QED) is 0.852. The summed E-state index contributed by atoms with van der Waals surface area (Å²) < 4.78 is 14.0. The van der Waals surface area contributed by atoms with Crippen molar-refractivity contribution in [1.29, 1.82) is 0 Å². The maximum absolute atomic E-state index is 14.0. The van der Waals surface area contributed by atoms with Crippen LogP contribution in [-0.4, -0.2) is 11.5 Å². The van der Waals surface area contributed by atoms with Crippen LogP contribution < -0.4 is 5.32 Å². The maximum Gasteiger partial charge on any atom is 0.127 e. The Morgan fingerprint density at radius 2 is 2.14 bits per heavy atom. The second-order valence-electron chi connectivity index (χ2n) is 5.21. The van der Waals surface area contributed by atoms with Gasteiger partial charge in [0.2, 0.25) is 0 Å². The smallest absolute Gasteiger partial charge is 0.127 e. The molecule has 0 saturated heterocycles. The minimum absolute atomic E-state index is 0.00625. The largest absolute Gasteiger partial charge is 0.310 e. The number of hydrogen-bond acceptors (Lipinski definition) is 2. The number of nitrogens with zero attached hydrogens (tertiary/aromatic N) is 1. The predicted octanol–water partition coefficient (Wildman–Crippen LogP) is 4.47. The molecule has 0 radical (unpaired) electrons. The molecule has 1 aromatic heterocycles. The van der Waals surface area contributed by atoms with Gasteiger partial charge in [-0.2, -0.15) is 0 Å². The average molecular weight is 307 g/mol. The molecule has 0 saturated carbocycles. The lowest BCUT2D eigenvalue weighted by atomic mass is 9.98. The van der Waals surface area contributed by atoms with Gasteiger partial charge in [0.25, 0.3) is 0 Å². The average Bonchev–Trinajstić information content (AvgIpc) is 2.46. The molecule has 1 aromatic carbocycles. The first kappa shape index (κ1) is 15.9. The number of halogens is 2. The summed E-state index contributed by atoms with van der Waals surface area (Å²) in [6.45, 7) is 4.97. The number of benzene rings is 1. The maximum atomic E-state index is 14.0. The highest BCUT2D eigenvalue weighted by molar-refractivity contribution is 6.31. The van der Waals surface area contributed by atoms with Crippen LogP contribution in [0, 0.1) is 12.7 Å². The summed E-state index contributed by atoms with van der Waals surface area (Å²) in [5, 5.41) is 3.92. The van der Waals surface area contributed by atoms with E-state index in [9.17, 15) is 4.39 Å². The molecule has 0 aliphatic carbocycles. The van der Waals surface area contributed by atoms with Crippen molar-refractivity contribution >= 4 is 11.6 Å². The van der Waals surface area contributed by atoms with Crippen LogP contribution >= 0.6 is 11.6 Å². The standard InChI is InChI=1S/C17H20ClFN2/c1-3-7-21-17(13-8-12(2)10-20-11-13)9-14-15(18)5-4-6-16(14)19/h4-6,8,10-11,17,21H,3,7,9H2,1-2H3. The summed E-state index contributed by atoms with van der Waals surface area (Å²) in [5.74, 6) is -0.258. The predicted molar refractivity (Wildman–Crippen MR) is 85.1 cm³/mol. The van der Waals surface area contributed by atoms with E-state index in [1.165, 1.54) is 6.07 Å². The van der Waals surface area contributed by atoms with Crippen LogP contribution in [0.25, 0.3) is 0 Å². The molecule has 2 nitrogen and oxygen atoms in total. The second kappa shape index (κ2) is 7.53. The number of nitrogens with one attached hydrogen (secondary N) is 1. The van der Waals surface area contributed by atoms with Crippen LogP contribution in [0.4, 0.5) is 4.39 Å². The monoisotopic (exact) mass is 306 g/mol. The van der Waals surface area contributed by atoms with Crippen LogP contribution in [0.3, 0.4) is 0 Å². The molecule has 1 heterocycles. The van der Waals surface area contributed by atoms with Crippen LogP contribution in [0.5, 0.6) is 0 Å². The van der Waals surface area contributed by atoms with Gasteiger partial charge in [-0.3, -0.25) is 4.98 Å². The Labute approximate surface area is 130 Å². The van der Waals surface area contributed by atoms with Crippen molar-refractivity contribution in [3.8, 4) is 0 Å². The van der Waals surface area contributed by atoms with Gasteiger partial charge >= 0.3 is 0 Å². The molecule has 1 unspecified atom stereocenters. The zero-order chi connectivity index (χ0) is 15.2. The van der Waals surface area contributed by atoms with Crippen molar-refractivity contribution < 1.29 is 4.39 Å². The van der Waals surface area contributed by atoms with E-state index in [2.05, 4.69) is 23.3 Å². The van der Waals surface area contributed by atoms with Crippen molar-refractivity contribution in [3.05, 3.63) is 64.2 Å². The Balaban J connectivity index is 2.28. The summed E-state index contributed by atoms with van der Waals surface area (Å²) in [5.41, 5.74) is 2.70. The first-order chi connectivity index (χ1) is 10.1. The summed E-state index contributed by atoms with van der Waals surface area (Å²) in [4.78, 5) is 4.23. The van der Waals surface area contributed by atoms with Crippen molar-refractivity contribution in [2.24, 2.45) is 0 Å². The molecule has 0 aliphatic heterocycles. The zero-order valence-corrected chi connectivity index (χ0v) is 13.1. The Bertz CT molecular complexity index is 581. The van der Waals surface area contributed by atoms with Gasteiger partial charge < -0.3 is 5.32 Å². The topological polar surface area (TPSA) is 24.9 Å². The summed E-state index contributed by atoms with van der Waals surface area (Å²) in [6.07, 6.45) is 5.17. The molecule has 21 heavy (non-hydrogen) atoms. The van der Waals surface area contributed by atoms with E-state index >= 15 is 0 Å². The van der Waals surface area contributed by atoms with Gasteiger partial charge in [0.15, 0.2) is 0 Å². The molecule has 0 aliphatic rings. The molecule has 0 spiro atoms. The third-order valence-electron chi connectivity index (χ3n) is 3.41. The van der Waals surface area contributed by atoms with E-state index in [1.807, 2.05) is 19.3 Å². The number of hydrogen-bond donors (Lipinski definition) is 1. The number of pyridine rings is 1. The summed E-state index contributed by atoms with van der Waals surface area (Å²) in [7, 11) is 0. The van der Waals surface area contributed by atoms with Crippen molar-refractivity contribution in [2.45, 2.75) is 32.7 Å². The van der Waals surface area contributed by atoms with Crippen molar-refractivity contribution in [2.75, 3.05) is 6.54 Å². The van der Waals surface area contributed by atoms with Crippen LogP contribution in [-0.2, 0) is 6.42 Å². The lowest BCUT2D eigenvalue weighted by Gasteiger charge is -2.20. The number of aromatic nitrogens is 1. The van der Waals surface area contributed by atoms with E-state index in [0.717, 1.165) is 24.1 Å². The Morgan fingerprint density at radius 1 is 1.33 bits per heavy atom. The van der Waals surface area contributed by atoms with Gasteiger partial charge in [0.05, 0.1) is 0 Å². The summed E-state index contributed by atoms with van der Waals surface area (Å²) in [6, 6.07) is 6.89. The normalized spacial score (nSPS) is 12.4. The van der Waals surface area contributed by atoms with Gasteiger partial charge in [0, 0.05) is 29.0 Å². The third-order valence-corrected chi connectivity index (χ3v) is 3.76.